The fraction of sp³-hybridized carbons (Fsp3) is 0.750. The monoisotopic (exact) mass is 236 g/mol. The van der Waals surface area contributed by atoms with Crippen LogP contribution >= 0.6 is 0 Å². The van der Waals surface area contributed by atoms with E-state index in [2.05, 4.69) is 29.0 Å². The fourth-order valence-corrected chi connectivity index (χ4v) is 1.95. The van der Waals surface area contributed by atoms with Gasteiger partial charge in [0.05, 0.1) is 0 Å². The van der Waals surface area contributed by atoms with Gasteiger partial charge in [0.15, 0.2) is 0 Å². The van der Waals surface area contributed by atoms with Crippen LogP contribution in [0.2, 0.25) is 0 Å². The average molecular weight is 236 g/mol. The molecule has 0 atom stereocenters. The standard InChI is InChI=1S/C12H20N4O/c1-3-5-10-13-11(15-14-10)12(17)16(8-4-2)9-6-7-9/h9H,3-8H2,1-2H3,(H,13,14,15). The van der Waals surface area contributed by atoms with Crippen molar-refractivity contribution in [1.29, 1.82) is 0 Å². The molecule has 0 unspecified atom stereocenters. The lowest BCUT2D eigenvalue weighted by Gasteiger charge is -2.19. The number of aromatic nitrogens is 3. The van der Waals surface area contributed by atoms with Gasteiger partial charge in [-0.05, 0) is 25.7 Å². The Morgan fingerprint density at radius 3 is 2.76 bits per heavy atom. The molecule has 1 saturated carbocycles. The Labute approximate surface area is 102 Å². The number of aromatic amines is 1. The number of H-pyrrole nitrogens is 1. The van der Waals surface area contributed by atoms with E-state index in [1.165, 1.54) is 0 Å². The minimum Gasteiger partial charge on any atom is -0.333 e. The zero-order valence-corrected chi connectivity index (χ0v) is 10.6. The topological polar surface area (TPSA) is 61.9 Å². The highest BCUT2D eigenvalue weighted by molar-refractivity contribution is 5.90. The Hall–Kier alpha value is -1.39. The zero-order valence-electron chi connectivity index (χ0n) is 10.6. The van der Waals surface area contributed by atoms with Crippen LogP contribution in [0, 0.1) is 0 Å². The predicted octanol–water partition coefficient (Wildman–Crippen LogP) is 1.77. The van der Waals surface area contributed by atoms with Crippen molar-refractivity contribution in [2.45, 2.75) is 52.0 Å². The summed E-state index contributed by atoms with van der Waals surface area (Å²) in [7, 11) is 0. The van der Waals surface area contributed by atoms with E-state index in [0.717, 1.165) is 44.5 Å². The van der Waals surface area contributed by atoms with Crippen molar-refractivity contribution in [3.05, 3.63) is 11.6 Å². The van der Waals surface area contributed by atoms with Crippen LogP contribution in [0.5, 0.6) is 0 Å². The molecular weight excluding hydrogens is 216 g/mol. The molecule has 1 amide bonds. The molecule has 1 fully saturated rings. The van der Waals surface area contributed by atoms with E-state index in [1.54, 1.807) is 0 Å². The maximum absolute atomic E-state index is 12.2. The van der Waals surface area contributed by atoms with Crippen LogP contribution in [0.3, 0.4) is 0 Å². The molecule has 94 valence electrons. The number of rotatable bonds is 6. The van der Waals surface area contributed by atoms with E-state index < -0.39 is 0 Å². The molecule has 5 heteroatoms. The van der Waals surface area contributed by atoms with Gasteiger partial charge in [0.2, 0.25) is 5.82 Å². The molecule has 0 saturated heterocycles. The molecule has 1 N–H and O–H groups in total. The van der Waals surface area contributed by atoms with Gasteiger partial charge in [-0.15, -0.1) is 5.10 Å². The molecular formula is C12H20N4O. The summed E-state index contributed by atoms with van der Waals surface area (Å²) in [6, 6.07) is 0.426. The van der Waals surface area contributed by atoms with Gasteiger partial charge in [-0.1, -0.05) is 13.8 Å². The molecule has 0 spiro atoms. The van der Waals surface area contributed by atoms with Crippen molar-refractivity contribution >= 4 is 5.91 Å². The average Bonchev–Trinajstić information content (AvgIpc) is 3.06. The first-order valence-corrected chi connectivity index (χ1v) is 6.48. The Morgan fingerprint density at radius 1 is 1.41 bits per heavy atom. The molecule has 0 bridgehead atoms. The van der Waals surface area contributed by atoms with E-state index >= 15 is 0 Å². The maximum Gasteiger partial charge on any atom is 0.293 e. The SMILES string of the molecule is CCCc1nc(C(=O)N(CCC)C2CC2)n[nH]1. The molecule has 1 aliphatic carbocycles. The summed E-state index contributed by atoms with van der Waals surface area (Å²) >= 11 is 0. The molecule has 5 nitrogen and oxygen atoms in total. The van der Waals surface area contributed by atoms with Crippen LogP contribution in [0.15, 0.2) is 0 Å². The van der Waals surface area contributed by atoms with Crippen LogP contribution in [0.4, 0.5) is 0 Å². The molecule has 2 rings (SSSR count). The highest BCUT2D eigenvalue weighted by atomic mass is 16.2. The summed E-state index contributed by atoms with van der Waals surface area (Å²) in [5, 5.41) is 6.86. The molecule has 1 aromatic heterocycles. The summed E-state index contributed by atoms with van der Waals surface area (Å²) in [5.41, 5.74) is 0. The quantitative estimate of drug-likeness (QED) is 0.818. The number of amides is 1. The van der Waals surface area contributed by atoms with Gasteiger partial charge < -0.3 is 4.90 Å². The normalized spacial score (nSPS) is 14.9. The summed E-state index contributed by atoms with van der Waals surface area (Å²) in [5.74, 6) is 1.12. The Bertz CT molecular complexity index is 384. The third-order valence-corrected chi connectivity index (χ3v) is 2.92. The second-order valence-electron chi connectivity index (χ2n) is 4.59. The first kappa shape index (κ1) is 12.1. The first-order chi connectivity index (χ1) is 8.26. The van der Waals surface area contributed by atoms with Crippen molar-refractivity contribution in [1.82, 2.24) is 20.1 Å². The molecule has 0 aromatic carbocycles. The van der Waals surface area contributed by atoms with Gasteiger partial charge >= 0.3 is 0 Å². The van der Waals surface area contributed by atoms with E-state index in [4.69, 9.17) is 0 Å². The second kappa shape index (κ2) is 5.29. The number of carbonyl (C=O) groups is 1. The lowest BCUT2D eigenvalue weighted by atomic mass is 10.3. The predicted molar refractivity (Wildman–Crippen MR) is 64.7 cm³/mol. The Balaban J connectivity index is 2.05. The van der Waals surface area contributed by atoms with Crippen molar-refractivity contribution < 1.29 is 4.79 Å². The number of carbonyl (C=O) groups excluding carboxylic acids is 1. The number of nitrogens with zero attached hydrogens (tertiary/aromatic N) is 3. The molecule has 1 aliphatic rings. The molecule has 0 radical (unpaired) electrons. The summed E-state index contributed by atoms with van der Waals surface area (Å²) in [4.78, 5) is 18.4. The Morgan fingerprint density at radius 2 is 2.18 bits per heavy atom. The van der Waals surface area contributed by atoms with Crippen LogP contribution < -0.4 is 0 Å². The number of hydrogen-bond donors (Lipinski definition) is 1. The zero-order chi connectivity index (χ0) is 12.3. The number of hydrogen-bond acceptors (Lipinski definition) is 3. The largest absolute Gasteiger partial charge is 0.333 e. The Kier molecular flexibility index (Phi) is 3.76. The van der Waals surface area contributed by atoms with Gasteiger partial charge in [-0.25, -0.2) is 4.98 Å². The van der Waals surface area contributed by atoms with Crippen molar-refractivity contribution in [2.24, 2.45) is 0 Å². The summed E-state index contributed by atoms with van der Waals surface area (Å²) in [6.45, 7) is 4.97. The van der Waals surface area contributed by atoms with Gasteiger partial charge in [-0.2, -0.15) is 0 Å². The molecule has 1 heterocycles. The van der Waals surface area contributed by atoms with Crippen molar-refractivity contribution in [3.8, 4) is 0 Å². The van der Waals surface area contributed by atoms with E-state index in [9.17, 15) is 4.79 Å². The van der Waals surface area contributed by atoms with E-state index in [0.29, 0.717) is 11.9 Å². The highest BCUT2D eigenvalue weighted by Gasteiger charge is 2.33. The summed E-state index contributed by atoms with van der Waals surface area (Å²) < 4.78 is 0. The van der Waals surface area contributed by atoms with Crippen LogP contribution in [0.25, 0.3) is 0 Å². The number of aryl methyl sites for hydroxylation is 1. The van der Waals surface area contributed by atoms with Gasteiger partial charge in [0.1, 0.15) is 5.82 Å². The smallest absolute Gasteiger partial charge is 0.293 e. The van der Waals surface area contributed by atoms with Gasteiger partial charge in [0.25, 0.3) is 5.91 Å². The fourth-order valence-electron chi connectivity index (χ4n) is 1.95. The van der Waals surface area contributed by atoms with Crippen molar-refractivity contribution in [2.75, 3.05) is 6.54 Å². The van der Waals surface area contributed by atoms with Gasteiger partial charge in [0, 0.05) is 19.0 Å². The lowest BCUT2D eigenvalue weighted by molar-refractivity contribution is 0.0731. The lowest BCUT2D eigenvalue weighted by Crippen LogP contribution is -2.34. The maximum atomic E-state index is 12.2. The van der Waals surface area contributed by atoms with Crippen LogP contribution in [0.1, 0.15) is 56.0 Å². The molecule has 1 aromatic rings. The minimum atomic E-state index is -0.0204. The summed E-state index contributed by atoms with van der Waals surface area (Å²) in [6.07, 6.45) is 5.08. The van der Waals surface area contributed by atoms with E-state index in [-0.39, 0.29) is 5.91 Å². The molecule has 17 heavy (non-hydrogen) atoms. The second-order valence-corrected chi connectivity index (χ2v) is 4.59. The first-order valence-electron chi connectivity index (χ1n) is 6.48. The minimum absolute atomic E-state index is 0.0204. The molecule has 0 aliphatic heterocycles. The third kappa shape index (κ3) is 2.84. The number of nitrogens with one attached hydrogen (secondary N) is 1. The van der Waals surface area contributed by atoms with Crippen molar-refractivity contribution in [3.63, 3.8) is 0 Å². The van der Waals surface area contributed by atoms with E-state index in [1.807, 2.05) is 4.90 Å². The van der Waals surface area contributed by atoms with Gasteiger partial charge in [-0.3, -0.25) is 9.89 Å². The van der Waals surface area contributed by atoms with Crippen LogP contribution in [-0.2, 0) is 6.42 Å². The van der Waals surface area contributed by atoms with Crippen LogP contribution in [-0.4, -0.2) is 38.6 Å². The third-order valence-electron chi connectivity index (χ3n) is 2.92. The highest BCUT2D eigenvalue weighted by Crippen LogP contribution is 2.27.